The van der Waals surface area contributed by atoms with Crippen molar-refractivity contribution in [1.82, 2.24) is 4.90 Å². The van der Waals surface area contributed by atoms with E-state index in [4.69, 9.17) is 5.11 Å². The molecule has 2 nitrogen and oxygen atoms in total. The van der Waals surface area contributed by atoms with Crippen LogP contribution < -0.4 is 0 Å². The van der Waals surface area contributed by atoms with E-state index < -0.39 is 0 Å². The van der Waals surface area contributed by atoms with Gasteiger partial charge in [-0.3, -0.25) is 4.90 Å². The van der Waals surface area contributed by atoms with Crippen LogP contribution in [-0.2, 0) is 6.42 Å². The number of rotatable bonds is 7. The zero-order chi connectivity index (χ0) is 16.6. The minimum atomic E-state index is 0.334. The fourth-order valence-electron chi connectivity index (χ4n) is 3.90. The van der Waals surface area contributed by atoms with Crippen molar-refractivity contribution in [2.75, 3.05) is 19.7 Å². The maximum atomic E-state index is 9.04. The SMILES string of the molecule is OCCCC1CCN([C@H](Cc2ccccc2)c2ccccc2)CC1. The van der Waals surface area contributed by atoms with Gasteiger partial charge in [0.05, 0.1) is 0 Å². The third-order valence-electron chi connectivity index (χ3n) is 5.32. The smallest absolute Gasteiger partial charge is 0.0431 e. The zero-order valence-electron chi connectivity index (χ0n) is 14.5. The lowest BCUT2D eigenvalue weighted by molar-refractivity contribution is 0.124. The molecule has 0 amide bonds. The Labute approximate surface area is 146 Å². The average Bonchev–Trinajstić information content (AvgIpc) is 2.66. The molecule has 3 rings (SSSR count). The molecule has 1 N–H and O–H groups in total. The lowest BCUT2D eigenvalue weighted by Crippen LogP contribution is -2.37. The fourth-order valence-corrected chi connectivity index (χ4v) is 3.90. The van der Waals surface area contributed by atoms with E-state index in [0.717, 1.165) is 18.8 Å². The first kappa shape index (κ1) is 17.2. The normalized spacial score (nSPS) is 17.7. The van der Waals surface area contributed by atoms with Crippen molar-refractivity contribution in [1.29, 1.82) is 0 Å². The number of hydrogen-bond donors (Lipinski definition) is 1. The third kappa shape index (κ3) is 4.68. The Kier molecular flexibility index (Phi) is 6.45. The summed E-state index contributed by atoms with van der Waals surface area (Å²) in [6, 6.07) is 22.3. The Morgan fingerprint density at radius 3 is 2.17 bits per heavy atom. The van der Waals surface area contributed by atoms with Gasteiger partial charge in [-0.25, -0.2) is 0 Å². The molecule has 0 aromatic heterocycles. The summed E-state index contributed by atoms with van der Waals surface area (Å²) in [5, 5.41) is 9.04. The molecular formula is C22H29NO. The van der Waals surface area contributed by atoms with Crippen molar-refractivity contribution in [3.8, 4) is 0 Å². The summed E-state index contributed by atoms with van der Waals surface area (Å²) in [6.45, 7) is 2.67. The lowest BCUT2D eigenvalue weighted by Gasteiger charge is -2.38. The minimum Gasteiger partial charge on any atom is -0.396 e. The van der Waals surface area contributed by atoms with Crippen LogP contribution >= 0.6 is 0 Å². The molecular weight excluding hydrogens is 294 g/mol. The van der Waals surface area contributed by atoms with Crippen molar-refractivity contribution in [3.05, 3.63) is 71.8 Å². The van der Waals surface area contributed by atoms with Crippen LogP contribution in [0, 0.1) is 5.92 Å². The number of piperidine rings is 1. The topological polar surface area (TPSA) is 23.5 Å². The summed E-state index contributed by atoms with van der Waals surface area (Å²) in [5.74, 6) is 0.793. The number of hydrogen-bond acceptors (Lipinski definition) is 2. The summed E-state index contributed by atoms with van der Waals surface area (Å²) < 4.78 is 0. The van der Waals surface area contributed by atoms with Crippen LogP contribution in [0.3, 0.4) is 0 Å². The van der Waals surface area contributed by atoms with Gasteiger partial charge in [0.15, 0.2) is 0 Å². The standard InChI is InChI=1S/C22H29NO/c24-17-7-10-19-13-15-23(16-14-19)22(21-11-5-2-6-12-21)18-20-8-3-1-4-9-20/h1-6,8-9,11-12,19,22,24H,7,10,13-18H2/t22-/m1/s1. The molecule has 2 aromatic carbocycles. The number of likely N-dealkylation sites (tertiary alicyclic amines) is 1. The molecule has 1 aliphatic rings. The Bertz CT molecular complexity index is 575. The predicted molar refractivity (Wildman–Crippen MR) is 99.9 cm³/mol. The highest BCUT2D eigenvalue weighted by atomic mass is 16.2. The highest BCUT2D eigenvalue weighted by Crippen LogP contribution is 2.31. The van der Waals surface area contributed by atoms with Crippen LogP contribution in [0.5, 0.6) is 0 Å². The fraction of sp³-hybridized carbons (Fsp3) is 0.455. The molecule has 0 aliphatic carbocycles. The van der Waals surface area contributed by atoms with E-state index in [2.05, 4.69) is 65.6 Å². The Morgan fingerprint density at radius 1 is 0.917 bits per heavy atom. The van der Waals surface area contributed by atoms with Gasteiger partial charge < -0.3 is 5.11 Å². The van der Waals surface area contributed by atoms with Crippen molar-refractivity contribution in [2.24, 2.45) is 5.92 Å². The molecule has 0 unspecified atom stereocenters. The molecule has 2 heteroatoms. The number of benzene rings is 2. The van der Waals surface area contributed by atoms with Crippen LogP contribution in [0.15, 0.2) is 60.7 Å². The molecule has 2 aromatic rings. The van der Waals surface area contributed by atoms with E-state index in [0.29, 0.717) is 12.6 Å². The van der Waals surface area contributed by atoms with Gasteiger partial charge in [-0.05, 0) is 62.2 Å². The van der Waals surface area contributed by atoms with Crippen molar-refractivity contribution in [2.45, 2.75) is 38.1 Å². The lowest BCUT2D eigenvalue weighted by atomic mass is 9.89. The maximum absolute atomic E-state index is 9.04. The minimum absolute atomic E-state index is 0.334. The average molecular weight is 323 g/mol. The second-order valence-corrected chi connectivity index (χ2v) is 6.96. The van der Waals surface area contributed by atoms with Crippen LogP contribution in [-0.4, -0.2) is 29.7 Å². The highest BCUT2D eigenvalue weighted by molar-refractivity contribution is 5.24. The van der Waals surface area contributed by atoms with Crippen molar-refractivity contribution in [3.63, 3.8) is 0 Å². The molecule has 128 valence electrons. The molecule has 1 saturated heterocycles. The van der Waals surface area contributed by atoms with Crippen LogP contribution in [0.2, 0.25) is 0 Å². The summed E-state index contributed by atoms with van der Waals surface area (Å²) in [6.07, 6.45) is 5.73. The van der Waals surface area contributed by atoms with Gasteiger partial charge in [0.1, 0.15) is 0 Å². The van der Waals surface area contributed by atoms with Crippen LogP contribution in [0.1, 0.15) is 42.9 Å². The van der Waals surface area contributed by atoms with Gasteiger partial charge in [0.2, 0.25) is 0 Å². The Balaban J connectivity index is 1.69. The van der Waals surface area contributed by atoms with Gasteiger partial charge in [-0.2, -0.15) is 0 Å². The first-order valence-corrected chi connectivity index (χ1v) is 9.30. The molecule has 1 aliphatic heterocycles. The third-order valence-corrected chi connectivity index (χ3v) is 5.32. The molecule has 0 bridgehead atoms. The summed E-state index contributed by atoms with van der Waals surface area (Å²) in [4.78, 5) is 2.66. The first-order chi connectivity index (χ1) is 11.9. The molecule has 1 heterocycles. The highest BCUT2D eigenvalue weighted by Gasteiger charge is 2.26. The second kappa shape index (κ2) is 9.00. The van der Waals surface area contributed by atoms with Gasteiger partial charge in [0, 0.05) is 12.6 Å². The van der Waals surface area contributed by atoms with E-state index in [1.54, 1.807) is 0 Å². The van der Waals surface area contributed by atoms with Gasteiger partial charge in [-0.1, -0.05) is 60.7 Å². The molecule has 24 heavy (non-hydrogen) atoms. The van der Waals surface area contributed by atoms with Crippen LogP contribution in [0.4, 0.5) is 0 Å². The first-order valence-electron chi connectivity index (χ1n) is 9.30. The van der Waals surface area contributed by atoms with E-state index >= 15 is 0 Å². The maximum Gasteiger partial charge on any atom is 0.0431 e. The van der Waals surface area contributed by atoms with Gasteiger partial charge in [0.25, 0.3) is 0 Å². The number of aliphatic hydroxyl groups is 1. The Morgan fingerprint density at radius 2 is 1.54 bits per heavy atom. The quantitative estimate of drug-likeness (QED) is 0.813. The van der Waals surface area contributed by atoms with Gasteiger partial charge in [-0.15, -0.1) is 0 Å². The predicted octanol–water partition coefficient (Wildman–Crippen LogP) is 4.45. The number of nitrogens with zero attached hydrogens (tertiary/aromatic N) is 1. The monoisotopic (exact) mass is 323 g/mol. The Hall–Kier alpha value is -1.64. The van der Waals surface area contributed by atoms with Crippen molar-refractivity contribution < 1.29 is 5.11 Å². The molecule has 1 atom stereocenters. The second-order valence-electron chi connectivity index (χ2n) is 6.96. The van der Waals surface area contributed by atoms with E-state index in [1.165, 1.54) is 43.5 Å². The van der Waals surface area contributed by atoms with Crippen molar-refractivity contribution >= 4 is 0 Å². The largest absolute Gasteiger partial charge is 0.396 e. The van der Waals surface area contributed by atoms with Gasteiger partial charge >= 0.3 is 0 Å². The zero-order valence-corrected chi connectivity index (χ0v) is 14.5. The van der Waals surface area contributed by atoms with E-state index in [1.807, 2.05) is 0 Å². The summed E-state index contributed by atoms with van der Waals surface area (Å²) in [5.41, 5.74) is 2.84. The number of aliphatic hydroxyl groups excluding tert-OH is 1. The molecule has 0 saturated carbocycles. The van der Waals surface area contributed by atoms with E-state index in [-0.39, 0.29) is 0 Å². The molecule has 0 spiro atoms. The summed E-state index contributed by atoms with van der Waals surface area (Å²) >= 11 is 0. The van der Waals surface area contributed by atoms with Crippen LogP contribution in [0.25, 0.3) is 0 Å². The van der Waals surface area contributed by atoms with E-state index in [9.17, 15) is 0 Å². The molecule has 0 radical (unpaired) electrons. The molecule has 1 fully saturated rings. The summed E-state index contributed by atoms with van der Waals surface area (Å²) in [7, 11) is 0.